The predicted molar refractivity (Wildman–Crippen MR) is 120 cm³/mol. The third-order valence-corrected chi connectivity index (χ3v) is 6.34. The summed E-state index contributed by atoms with van der Waals surface area (Å²) in [5.41, 5.74) is 5.36. The van der Waals surface area contributed by atoms with Gasteiger partial charge in [0.1, 0.15) is 16.9 Å². The molecule has 0 bridgehead atoms. The van der Waals surface area contributed by atoms with Gasteiger partial charge in [0.2, 0.25) is 0 Å². The minimum atomic E-state index is -4.74. The van der Waals surface area contributed by atoms with Gasteiger partial charge in [-0.2, -0.15) is 13.2 Å². The summed E-state index contributed by atoms with van der Waals surface area (Å²) < 4.78 is 42.0. The number of amides is 2. The molecule has 2 aliphatic rings. The fourth-order valence-corrected chi connectivity index (χ4v) is 4.41. The van der Waals surface area contributed by atoms with E-state index in [0.29, 0.717) is 12.5 Å². The molecule has 1 saturated carbocycles. The number of hydrogen-bond acceptors (Lipinski definition) is 6. The van der Waals surface area contributed by atoms with Gasteiger partial charge in [0, 0.05) is 25.2 Å². The second kappa shape index (κ2) is 8.52. The Labute approximate surface area is 197 Å². The number of hydrogen-bond donors (Lipinski definition) is 4. The number of aromatic amines is 1. The average Bonchev–Trinajstić information content (AvgIpc) is 3.51. The van der Waals surface area contributed by atoms with Crippen molar-refractivity contribution in [1.82, 2.24) is 25.2 Å². The highest BCUT2D eigenvalue weighted by molar-refractivity contribution is 6.09. The summed E-state index contributed by atoms with van der Waals surface area (Å²) in [5, 5.41) is 11.4. The molecule has 0 spiro atoms. The molecule has 5 N–H and O–H groups in total. The lowest BCUT2D eigenvalue weighted by Gasteiger charge is -2.15. The lowest BCUT2D eigenvalue weighted by Crippen LogP contribution is -2.27. The number of aliphatic hydroxyl groups is 1. The van der Waals surface area contributed by atoms with Gasteiger partial charge in [0.15, 0.2) is 5.65 Å². The quantitative estimate of drug-likeness (QED) is 0.404. The molecule has 3 aromatic rings. The van der Waals surface area contributed by atoms with Crippen LogP contribution in [0.1, 0.15) is 51.1 Å². The minimum Gasteiger partial charge on any atom is -0.395 e. The van der Waals surface area contributed by atoms with Crippen molar-refractivity contribution in [2.45, 2.75) is 32.0 Å². The number of benzene rings is 1. The van der Waals surface area contributed by atoms with Gasteiger partial charge in [-0.15, -0.1) is 0 Å². The molecule has 12 heteroatoms. The number of nitrogen functional groups attached to an aromatic ring is 1. The summed E-state index contributed by atoms with van der Waals surface area (Å²) in [6.07, 6.45) is -0.480. The first kappa shape index (κ1) is 23.1. The molecule has 0 saturated heterocycles. The number of H-pyrrole nitrogens is 1. The normalized spacial score (nSPS) is 15.7. The maximum absolute atomic E-state index is 14.0. The van der Waals surface area contributed by atoms with E-state index in [4.69, 9.17) is 10.8 Å². The second-order valence-electron chi connectivity index (χ2n) is 8.86. The van der Waals surface area contributed by atoms with E-state index < -0.39 is 23.6 Å². The first-order chi connectivity index (χ1) is 16.7. The number of alkyl halides is 3. The monoisotopic (exact) mass is 488 g/mol. The zero-order chi connectivity index (χ0) is 24.9. The van der Waals surface area contributed by atoms with E-state index in [0.717, 1.165) is 25.3 Å². The zero-order valence-electron chi connectivity index (χ0n) is 18.6. The molecule has 1 aliphatic heterocycles. The summed E-state index contributed by atoms with van der Waals surface area (Å²) in [5.74, 6) is -0.670. The zero-order valence-corrected chi connectivity index (χ0v) is 18.6. The molecule has 0 radical (unpaired) electrons. The van der Waals surface area contributed by atoms with Crippen molar-refractivity contribution in [3.63, 3.8) is 0 Å². The molecular weight excluding hydrogens is 465 g/mol. The highest BCUT2D eigenvalue weighted by Crippen LogP contribution is 2.41. The number of rotatable bonds is 7. The lowest BCUT2D eigenvalue weighted by molar-refractivity contribution is -0.137. The van der Waals surface area contributed by atoms with Crippen LogP contribution in [-0.4, -0.2) is 56.5 Å². The SMILES string of the molecule is Nc1[nH]c2ncc(-c3cc4c(c(C(F)(F)F)c3)C(=O)N(CCC3CC3)C4)nc2c1C(=O)NCCO. The number of aromatic nitrogens is 3. The summed E-state index contributed by atoms with van der Waals surface area (Å²) in [6.45, 7) is 0.227. The number of nitrogens with zero attached hydrogens (tertiary/aromatic N) is 3. The molecule has 0 unspecified atom stereocenters. The van der Waals surface area contributed by atoms with Gasteiger partial charge in [0.05, 0.1) is 29.6 Å². The van der Waals surface area contributed by atoms with Gasteiger partial charge in [-0.1, -0.05) is 12.8 Å². The fourth-order valence-electron chi connectivity index (χ4n) is 4.41. The van der Waals surface area contributed by atoms with Crippen LogP contribution in [0.4, 0.5) is 19.0 Å². The van der Waals surface area contributed by atoms with Gasteiger partial charge in [-0.3, -0.25) is 9.59 Å². The molecule has 3 heterocycles. The molecule has 1 fully saturated rings. The number of aliphatic hydroxyl groups excluding tert-OH is 1. The van der Waals surface area contributed by atoms with Crippen LogP contribution < -0.4 is 11.1 Å². The molecule has 0 atom stereocenters. The number of anilines is 1. The van der Waals surface area contributed by atoms with Gasteiger partial charge in [0.25, 0.3) is 11.8 Å². The molecule has 35 heavy (non-hydrogen) atoms. The van der Waals surface area contributed by atoms with Crippen LogP contribution in [0.5, 0.6) is 0 Å². The molecule has 2 aromatic heterocycles. The Balaban J connectivity index is 1.56. The van der Waals surface area contributed by atoms with Crippen LogP contribution in [0.25, 0.3) is 22.4 Å². The van der Waals surface area contributed by atoms with E-state index in [9.17, 15) is 22.8 Å². The van der Waals surface area contributed by atoms with Crippen LogP contribution in [0.15, 0.2) is 18.3 Å². The Morgan fingerprint density at radius 2 is 2.09 bits per heavy atom. The second-order valence-corrected chi connectivity index (χ2v) is 8.86. The summed E-state index contributed by atoms with van der Waals surface area (Å²) in [4.78, 5) is 38.1. The Kier molecular flexibility index (Phi) is 5.62. The van der Waals surface area contributed by atoms with Gasteiger partial charge < -0.3 is 26.0 Å². The maximum Gasteiger partial charge on any atom is 0.417 e. The summed E-state index contributed by atoms with van der Waals surface area (Å²) in [7, 11) is 0. The average molecular weight is 488 g/mol. The number of halogens is 3. The number of nitrogens with one attached hydrogen (secondary N) is 2. The van der Waals surface area contributed by atoms with Crippen LogP contribution >= 0.6 is 0 Å². The topological polar surface area (TPSA) is 137 Å². The molecule has 2 amide bonds. The molecule has 1 aromatic carbocycles. The molecule has 184 valence electrons. The Morgan fingerprint density at radius 1 is 1.31 bits per heavy atom. The van der Waals surface area contributed by atoms with E-state index in [1.807, 2.05) is 0 Å². The standard InChI is InChI=1S/C23H23F3N6O3/c24-23(25,26)14-8-12(7-13-10-32(22(35)16(13)14)5-3-11-1-2-11)15-9-29-20-18(30-15)17(19(27)31-20)21(34)28-4-6-33/h7-9,11,33H,1-6,10,27H2,(H,28,34)(H,29,31). The molecule has 1 aliphatic carbocycles. The van der Waals surface area contributed by atoms with Crippen molar-refractivity contribution < 1.29 is 27.9 Å². The van der Waals surface area contributed by atoms with Crippen molar-refractivity contribution >= 4 is 28.8 Å². The minimum absolute atomic E-state index is 0.00516. The molecule has 5 rings (SSSR count). The van der Waals surface area contributed by atoms with E-state index in [1.165, 1.54) is 17.2 Å². The number of carbonyl (C=O) groups excluding carboxylic acids is 2. The fraction of sp³-hybridized carbons (Fsp3) is 0.391. The van der Waals surface area contributed by atoms with Crippen LogP contribution in [0.2, 0.25) is 0 Å². The summed E-state index contributed by atoms with van der Waals surface area (Å²) >= 11 is 0. The van der Waals surface area contributed by atoms with Gasteiger partial charge in [-0.25, -0.2) is 9.97 Å². The van der Waals surface area contributed by atoms with E-state index >= 15 is 0 Å². The molecular formula is C23H23F3N6O3. The van der Waals surface area contributed by atoms with Crippen LogP contribution in [0.3, 0.4) is 0 Å². The van der Waals surface area contributed by atoms with Crippen molar-refractivity contribution in [2.75, 3.05) is 25.4 Å². The Hall–Kier alpha value is -3.67. The number of carbonyl (C=O) groups is 2. The van der Waals surface area contributed by atoms with Crippen molar-refractivity contribution in [3.8, 4) is 11.3 Å². The first-order valence-corrected chi connectivity index (χ1v) is 11.2. The smallest absolute Gasteiger partial charge is 0.395 e. The number of nitrogens with two attached hydrogens (primary N) is 1. The third kappa shape index (κ3) is 4.29. The van der Waals surface area contributed by atoms with E-state index in [1.54, 1.807) is 0 Å². The van der Waals surface area contributed by atoms with Crippen LogP contribution in [0, 0.1) is 5.92 Å². The largest absolute Gasteiger partial charge is 0.417 e. The van der Waals surface area contributed by atoms with E-state index in [2.05, 4.69) is 20.3 Å². The summed E-state index contributed by atoms with van der Waals surface area (Å²) in [6, 6.07) is 2.43. The highest BCUT2D eigenvalue weighted by atomic mass is 19.4. The van der Waals surface area contributed by atoms with Crippen molar-refractivity contribution in [1.29, 1.82) is 0 Å². The Bertz CT molecular complexity index is 1330. The number of fused-ring (bicyclic) bond motifs is 2. The Morgan fingerprint density at radius 3 is 2.77 bits per heavy atom. The van der Waals surface area contributed by atoms with Crippen LogP contribution in [-0.2, 0) is 12.7 Å². The first-order valence-electron chi connectivity index (χ1n) is 11.2. The third-order valence-electron chi connectivity index (χ3n) is 6.34. The van der Waals surface area contributed by atoms with E-state index in [-0.39, 0.29) is 64.6 Å². The van der Waals surface area contributed by atoms with Gasteiger partial charge in [-0.05, 0) is 30.0 Å². The molecule has 9 nitrogen and oxygen atoms in total. The van der Waals surface area contributed by atoms with Crippen molar-refractivity contribution in [2.24, 2.45) is 5.92 Å². The predicted octanol–water partition coefficient (Wildman–Crippen LogP) is 2.70. The maximum atomic E-state index is 14.0. The van der Waals surface area contributed by atoms with Crippen molar-refractivity contribution in [3.05, 3.63) is 40.6 Å². The highest BCUT2D eigenvalue weighted by Gasteiger charge is 2.41. The lowest BCUT2D eigenvalue weighted by atomic mass is 9.97. The van der Waals surface area contributed by atoms with Gasteiger partial charge >= 0.3 is 6.18 Å².